The number of benzene rings is 2. The van der Waals surface area contributed by atoms with Crippen molar-refractivity contribution in [3.8, 4) is 5.75 Å². The highest BCUT2D eigenvalue weighted by atomic mass is 32.2. The average Bonchev–Trinajstić information content (AvgIpc) is 2.90. The molecule has 0 aliphatic carbocycles. The topological polar surface area (TPSA) is 220 Å². The Labute approximate surface area is 222 Å². The Morgan fingerprint density at radius 3 is 2.13 bits per heavy atom. The molecule has 210 valence electrons. The molecule has 0 saturated carbocycles. The fourth-order valence-corrected chi connectivity index (χ4v) is 4.16. The highest BCUT2D eigenvalue weighted by molar-refractivity contribution is 7.89. The van der Waals surface area contributed by atoms with E-state index in [2.05, 4.69) is 20.1 Å². The van der Waals surface area contributed by atoms with Gasteiger partial charge >= 0.3 is 11.9 Å². The minimum absolute atomic E-state index is 0.0293. The van der Waals surface area contributed by atoms with Gasteiger partial charge in [0.1, 0.15) is 24.4 Å². The highest BCUT2D eigenvalue weighted by Gasteiger charge is 2.31. The van der Waals surface area contributed by atoms with Crippen LogP contribution < -0.4 is 20.1 Å². The monoisotopic (exact) mass is 566 g/mol. The normalized spacial score (nSPS) is 12.5. The molecule has 39 heavy (non-hydrogen) atoms. The summed E-state index contributed by atoms with van der Waals surface area (Å²) in [5, 5.41) is 24.5. The van der Waals surface area contributed by atoms with Crippen LogP contribution in [0.4, 0.5) is 5.69 Å². The van der Waals surface area contributed by atoms with Crippen molar-refractivity contribution >= 4 is 39.5 Å². The summed E-state index contributed by atoms with van der Waals surface area (Å²) in [5.41, 5.74) is 0.558. The quantitative estimate of drug-likeness (QED) is 0.103. The van der Waals surface area contributed by atoms with Gasteiger partial charge in [0, 0.05) is 12.1 Å². The maximum absolute atomic E-state index is 12.8. The first-order chi connectivity index (χ1) is 18.4. The second kappa shape index (κ2) is 13.9. The van der Waals surface area contributed by atoms with E-state index >= 15 is 0 Å². The van der Waals surface area contributed by atoms with E-state index in [1.54, 1.807) is 6.92 Å². The number of carbonyl (C=O) groups excluding carboxylic acids is 4. The second-order valence-electron chi connectivity index (χ2n) is 7.95. The Morgan fingerprint density at radius 2 is 1.59 bits per heavy atom. The summed E-state index contributed by atoms with van der Waals surface area (Å²) < 4.78 is 37.0. The van der Waals surface area contributed by atoms with E-state index in [0.29, 0.717) is 0 Å². The van der Waals surface area contributed by atoms with Crippen molar-refractivity contribution in [2.24, 2.45) is 0 Å². The molecule has 2 amide bonds. The van der Waals surface area contributed by atoms with Crippen LogP contribution in [0.5, 0.6) is 5.75 Å². The fraction of sp³-hybridized carbons (Fsp3) is 0.304. The smallest absolute Gasteiger partial charge is 0.330 e. The summed E-state index contributed by atoms with van der Waals surface area (Å²) in [6, 6.07) is 6.88. The molecule has 16 heteroatoms. The minimum Gasteiger partial charge on any atom is -0.469 e. The third-order valence-electron chi connectivity index (χ3n) is 5.05. The van der Waals surface area contributed by atoms with Crippen LogP contribution in [0.25, 0.3) is 0 Å². The van der Waals surface area contributed by atoms with Gasteiger partial charge in [0.05, 0.1) is 30.0 Å². The van der Waals surface area contributed by atoms with Crippen molar-refractivity contribution in [1.29, 1.82) is 0 Å². The average molecular weight is 567 g/mol. The lowest BCUT2D eigenvalue weighted by Crippen LogP contribution is -2.56. The van der Waals surface area contributed by atoms with Crippen molar-refractivity contribution in [2.45, 2.75) is 30.3 Å². The number of nitro groups is 1. The molecule has 0 radical (unpaired) electrons. The van der Waals surface area contributed by atoms with E-state index < -0.39 is 70.4 Å². The summed E-state index contributed by atoms with van der Waals surface area (Å²) in [5.74, 6) is -4.07. The number of esters is 2. The predicted octanol–water partition coefficient (Wildman–Crippen LogP) is -0.688. The molecule has 4 N–H and O–H groups in total. The molecule has 0 fully saturated rings. The summed E-state index contributed by atoms with van der Waals surface area (Å²) in [4.78, 5) is 58.9. The van der Waals surface area contributed by atoms with Gasteiger partial charge in [-0.3, -0.25) is 24.5 Å². The zero-order chi connectivity index (χ0) is 29.2. The number of aliphatic hydroxyl groups is 1. The van der Waals surface area contributed by atoms with E-state index in [4.69, 9.17) is 4.74 Å². The number of aryl methyl sites for hydroxylation is 1. The Morgan fingerprint density at radius 1 is 0.974 bits per heavy atom. The van der Waals surface area contributed by atoms with Crippen molar-refractivity contribution in [3.63, 3.8) is 0 Å². The number of rotatable bonds is 13. The van der Waals surface area contributed by atoms with Gasteiger partial charge in [0.15, 0.2) is 0 Å². The second-order valence-corrected chi connectivity index (χ2v) is 9.67. The van der Waals surface area contributed by atoms with Crippen LogP contribution in [0.2, 0.25) is 0 Å². The van der Waals surface area contributed by atoms with Gasteiger partial charge in [-0.1, -0.05) is 17.7 Å². The summed E-state index contributed by atoms with van der Waals surface area (Å²) in [6.07, 6.45) is -0.727. The molecule has 2 aromatic rings. The zero-order valence-corrected chi connectivity index (χ0v) is 21.6. The van der Waals surface area contributed by atoms with Gasteiger partial charge in [0.2, 0.25) is 21.8 Å². The summed E-state index contributed by atoms with van der Waals surface area (Å²) in [6.45, 7) is 0.102. The van der Waals surface area contributed by atoms with E-state index in [1.807, 2.05) is 0 Å². The first kappa shape index (κ1) is 30.8. The third kappa shape index (κ3) is 9.44. The molecule has 15 nitrogen and oxygen atoms in total. The number of ether oxygens (including phenoxy) is 2. The number of aliphatic hydroxyl groups excluding tert-OH is 1. The maximum atomic E-state index is 12.8. The largest absolute Gasteiger partial charge is 0.469 e. The van der Waals surface area contributed by atoms with Gasteiger partial charge in [-0.25, -0.2) is 13.2 Å². The van der Waals surface area contributed by atoms with Gasteiger partial charge in [-0.15, -0.1) is 0 Å². The number of non-ortho nitro benzene ring substituents is 1. The number of hydrogen-bond donors (Lipinski definition) is 4. The molecule has 0 aromatic heterocycles. The minimum atomic E-state index is -4.28. The Bertz CT molecular complexity index is 1310. The Balaban J connectivity index is 2.03. The van der Waals surface area contributed by atoms with Crippen molar-refractivity contribution in [2.75, 3.05) is 20.3 Å². The molecular formula is C23H26N4O11S. The molecule has 0 heterocycles. The Hall–Kier alpha value is -4.41. The van der Waals surface area contributed by atoms with E-state index in [1.165, 1.54) is 36.4 Å². The van der Waals surface area contributed by atoms with Crippen molar-refractivity contribution in [3.05, 3.63) is 64.2 Å². The van der Waals surface area contributed by atoms with Gasteiger partial charge in [0.25, 0.3) is 5.69 Å². The molecule has 0 aliphatic heterocycles. The van der Waals surface area contributed by atoms with E-state index in [-0.39, 0.29) is 16.3 Å². The Kier molecular flexibility index (Phi) is 11.0. The summed E-state index contributed by atoms with van der Waals surface area (Å²) in [7, 11) is -3.24. The number of methoxy groups -OCH3 is 1. The lowest BCUT2D eigenvalue weighted by Gasteiger charge is -2.21. The third-order valence-corrected chi connectivity index (χ3v) is 6.53. The summed E-state index contributed by atoms with van der Waals surface area (Å²) >= 11 is 0. The molecule has 2 aromatic carbocycles. The number of nitrogens with zero attached hydrogens (tertiary/aromatic N) is 1. The van der Waals surface area contributed by atoms with Gasteiger partial charge in [-0.2, -0.15) is 4.72 Å². The first-order valence-corrected chi connectivity index (χ1v) is 12.6. The zero-order valence-electron chi connectivity index (χ0n) is 20.8. The number of amides is 2. The highest BCUT2D eigenvalue weighted by Crippen LogP contribution is 2.17. The van der Waals surface area contributed by atoms with Crippen LogP contribution in [0, 0.1) is 17.0 Å². The molecule has 2 atom stereocenters. The van der Waals surface area contributed by atoms with Gasteiger partial charge in [-0.05, 0) is 31.2 Å². The van der Waals surface area contributed by atoms with Crippen LogP contribution in [-0.2, 0) is 33.9 Å². The van der Waals surface area contributed by atoms with Crippen LogP contribution in [0.3, 0.4) is 0 Å². The SMILES string of the molecule is COC(=O)CC(NS(=O)(=O)c1ccc(C)cc1)C(=O)NC(CO)C(=O)NCC(=O)Oc1ccc([N+](=O)[O-])cc1. The molecule has 0 bridgehead atoms. The molecule has 2 rings (SSSR count). The molecule has 0 saturated heterocycles. The molecular weight excluding hydrogens is 540 g/mol. The number of sulfonamides is 1. The number of nitro benzene ring substituents is 1. The fourth-order valence-electron chi connectivity index (χ4n) is 2.96. The van der Waals surface area contributed by atoms with Crippen LogP contribution in [-0.4, -0.2) is 74.5 Å². The lowest BCUT2D eigenvalue weighted by atomic mass is 10.2. The van der Waals surface area contributed by atoms with E-state index in [9.17, 15) is 42.8 Å². The number of hydrogen-bond acceptors (Lipinski definition) is 11. The molecule has 2 unspecified atom stereocenters. The standard InChI is InChI=1S/C23H26N4O11S/c1-14-3-9-17(10-4-14)39(35,36)26-18(11-20(29)37-2)23(32)25-19(13-28)22(31)24-12-21(30)38-16-7-5-15(6-8-16)27(33)34/h3-10,18-19,26,28H,11-13H2,1-2H3,(H,24,31)(H,25,32). The number of nitrogens with one attached hydrogen (secondary N) is 3. The van der Waals surface area contributed by atoms with Crippen molar-refractivity contribution in [1.82, 2.24) is 15.4 Å². The maximum Gasteiger partial charge on any atom is 0.330 e. The van der Waals surface area contributed by atoms with E-state index in [0.717, 1.165) is 24.8 Å². The first-order valence-electron chi connectivity index (χ1n) is 11.2. The van der Waals surface area contributed by atoms with Crippen LogP contribution >= 0.6 is 0 Å². The predicted molar refractivity (Wildman–Crippen MR) is 133 cm³/mol. The lowest BCUT2D eigenvalue weighted by molar-refractivity contribution is -0.384. The number of carbonyl (C=O) groups is 4. The van der Waals surface area contributed by atoms with Crippen LogP contribution in [0.15, 0.2) is 53.4 Å². The van der Waals surface area contributed by atoms with Crippen LogP contribution in [0.1, 0.15) is 12.0 Å². The van der Waals surface area contributed by atoms with Gasteiger partial charge < -0.3 is 25.2 Å². The molecule has 0 spiro atoms. The van der Waals surface area contributed by atoms with Crippen molar-refractivity contribution < 1.29 is 47.1 Å². The molecule has 0 aliphatic rings.